The number of hydrogen-bond acceptors (Lipinski definition) is 4. The summed E-state index contributed by atoms with van der Waals surface area (Å²) in [5.74, 6) is -3.01. The number of carbonyl (C=O) groups is 4. The number of aliphatic carboxylic acids is 2. The van der Waals surface area contributed by atoms with Gasteiger partial charge in [-0.05, 0) is 48.5 Å². The average molecular weight is 427 g/mol. The van der Waals surface area contributed by atoms with Crippen LogP contribution < -0.4 is 10.6 Å². The van der Waals surface area contributed by atoms with Gasteiger partial charge in [0.2, 0.25) is 0 Å². The summed E-state index contributed by atoms with van der Waals surface area (Å²) in [5, 5.41) is 22.2. The Labute approximate surface area is 170 Å². The average Bonchev–Trinajstić information content (AvgIpc) is 2.65. The number of amides is 2. The van der Waals surface area contributed by atoms with E-state index < -0.39 is 23.8 Å². The van der Waals surface area contributed by atoms with Gasteiger partial charge in [0.05, 0.1) is 0 Å². The van der Waals surface area contributed by atoms with Crippen molar-refractivity contribution in [1.29, 1.82) is 0 Å². The van der Waals surface area contributed by atoms with Crippen molar-refractivity contribution in [2.75, 3.05) is 13.1 Å². The highest BCUT2D eigenvalue weighted by molar-refractivity contribution is 6.31. The number of carbonyl (C=O) groups excluding carboxylic acids is 2. The zero-order valence-corrected chi connectivity index (χ0v) is 15.8. The van der Waals surface area contributed by atoms with Crippen molar-refractivity contribution in [3.05, 3.63) is 69.7 Å². The van der Waals surface area contributed by atoms with Crippen molar-refractivity contribution >= 4 is 47.0 Å². The van der Waals surface area contributed by atoms with E-state index in [1.807, 2.05) is 0 Å². The largest absolute Gasteiger partial charge is 0.480 e. The van der Waals surface area contributed by atoms with Crippen LogP contribution in [0.15, 0.2) is 48.5 Å². The lowest BCUT2D eigenvalue weighted by Gasteiger charge is -2.01. The molecule has 0 aliphatic heterocycles. The van der Waals surface area contributed by atoms with Crippen molar-refractivity contribution in [3.63, 3.8) is 0 Å². The predicted molar refractivity (Wildman–Crippen MR) is 103 cm³/mol. The molecule has 0 atom stereocenters. The second-order valence-corrected chi connectivity index (χ2v) is 6.04. The molecule has 0 radical (unpaired) electrons. The zero-order chi connectivity index (χ0) is 21.1. The molecule has 148 valence electrons. The fraction of sp³-hybridized carbons (Fsp3) is 0.111. The van der Waals surface area contributed by atoms with Crippen LogP contribution in [0.5, 0.6) is 0 Å². The summed E-state index contributed by atoms with van der Waals surface area (Å²) in [4.78, 5) is 42.8. The van der Waals surface area contributed by atoms with E-state index in [0.29, 0.717) is 21.2 Å². The summed E-state index contributed by atoms with van der Waals surface area (Å²) >= 11 is 11.2. The van der Waals surface area contributed by atoms with Crippen LogP contribution in [0.3, 0.4) is 0 Å². The van der Waals surface area contributed by atoms with Gasteiger partial charge in [-0.25, -0.2) is 0 Å². The van der Waals surface area contributed by atoms with E-state index in [-0.39, 0.29) is 13.1 Å². The summed E-state index contributed by atoms with van der Waals surface area (Å²) in [6.45, 7) is -0.775. The van der Waals surface area contributed by atoms with Gasteiger partial charge in [0.15, 0.2) is 0 Å². The number of halogens is 2. The quantitative estimate of drug-likeness (QED) is 0.559. The van der Waals surface area contributed by atoms with E-state index in [1.165, 1.54) is 24.3 Å². The molecule has 0 unspecified atom stereocenters. The van der Waals surface area contributed by atoms with Crippen LogP contribution >= 0.6 is 23.2 Å². The first-order valence-electron chi connectivity index (χ1n) is 7.70. The SMILES string of the molecule is O=C(O)CNC(=O)c1ccc(Cl)cc1.O=C(O)CNC(=O)c1ccc(Cl)cc1. The van der Waals surface area contributed by atoms with Gasteiger partial charge in [-0.15, -0.1) is 0 Å². The van der Waals surface area contributed by atoms with Gasteiger partial charge in [-0.2, -0.15) is 0 Å². The molecule has 8 nitrogen and oxygen atoms in total. The van der Waals surface area contributed by atoms with Gasteiger partial charge in [0, 0.05) is 21.2 Å². The minimum Gasteiger partial charge on any atom is -0.480 e. The van der Waals surface area contributed by atoms with Gasteiger partial charge >= 0.3 is 11.9 Å². The number of nitrogens with one attached hydrogen (secondary N) is 2. The molecule has 4 N–H and O–H groups in total. The van der Waals surface area contributed by atoms with Crippen LogP contribution in [0.25, 0.3) is 0 Å². The Balaban J connectivity index is 0.000000280. The highest BCUT2D eigenvalue weighted by Gasteiger charge is 2.06. The molecular weight excluding hydrogens is 411 g/mol. The van der Waals surface area contributed by atoms with Gasteiger partial charge in [-0.1, -0.05) is 23.2 Å². The second kappa shape index (κ2) is 11.6. The van der Waals surface area contributed by atoms with E-state index in [2.05, 4.69) is 10.6 Å². The fourth-order valence-corrected chi connectivity index (χ4v) is 1.97. The molecular formula is C18H16Cl2N2O6. The molecule has 2 rings (SSSR count). The van der Waals surface area contributed by atoms with Crippen molar-refractivity contribution in [2.24, 2.45) is 0 Å². The molecule has 2 aromatic rings. The Kier molecular flexibility index (Phi) is 9.49. The van der Waals surface area contributed by atoms with Crippen LogP contribution in [0.4, 0.5) is 0 Å². The monoisotopic (exact) mass is 426 g/mol. The van der Waals surface area contributed by atoms with E-state index >= 15 is 0 Å². The molecule has 0 bridgehead atoms. The molecule has 0 saturated heterocycles. The first-order chi connectivity index (χ1) is 13.2. The zero-order valence-electron chi connectivity index (χ0n) is 14.3. The molecule has 28 heavy (non-hydrogen) atoms. The summed E-state index contributed by atoms with van der Waals surface area (Å²) in [6, 6.07) is 12.4. The number of carboxylic acids is 2. The number of hydrogen-bond donors (Lipinski definition) is 4. The fourth-order valence-electron chi connectivity index (χ4n) is 1.72. The lowest BCUT2D eigenvalue weighted by Crippen LogP contribution is -2.29. The summed E-state index contributed by atoms with van der Waals surface area (Å²) < 4.78 is 0. The van der Waals surface area contributed by atoms with Gasteiger partial charge in [-0.3, -0.25) is 19.2 Å². The van der Waals surface area contributed by atoms with Crippen molar-refractivity contribution in [1.82, 2.24) is 10.6 Å². The standard InChI is InChI=1S/2C9H8ClNO3/c2*10-7-3-1-6(2-4-7)9(14)11-5-8(12)13/h2*1-4H,5H2,(H,11,14)(H,12,13). The normalized spacial score (nSPS) is 9.50. The highest BCUT2D eigenvalue weighted by Crippen LogP contribution is 2.09. The van der Waals surface area contributed by atoms with Crippen molar-refractivity contribution < 1.29 is 29.4 Å². The van der Waals surface area contributed by atoms with Crippen molar-refractivity contribution in [2.45, 2.75) is 0 Å². The smallest absolute Gasteiger partial charge is 0.322 e. The van der Waals surface area contributed by atoms with Gasteiger partial charge < -0.3 is 20.8 Å². The highest BCUT2D eigenvalue weighted by atomic mass is 35.5. The molecule has 0 saturated carbocycles. The lowest BCUT2D eigenvalue weighted by molar-refractivity contribution is -0.136. The summed E-state index contributed by atoms with van der Waals surface area (Å²) in [7, 11) is 0. The second-order valence-electron chi connectivity index (χ2n) is 5.17. The Bertz CT molecular complexity index is 767. The maximum atomic E-state index is 11.2. The Hall–Kier alpha value is -3.10. The Morgan fingerprint density at radius 1 is 0.643 bits per heavy atom. The molecule has 0 spiro atoms. The van der Waals surface area contributed by atoms with Crippen LogP contribution in [-0.4, -0.2) is 47.1 Å². The van der Waals surface area contributed by atoms with E-state index in [0.717, 1.165) is 0 Å². The molecule has 2 aromatic carbocycles. The third-order valence-corrected chi connectivity index (χ3v) is 3.52. The Morgan fingerprint density at radius 3 is 1.18 bits per heavy atom. The third kappa shape index (κ3) is 9.02. The first-order valence-corrected chi connectivity index (χ1v) is 8.45. The molecule has 10 heteroatoms. The van der Waals surface area contributed by atoms with Crippen LogP contribution in [0.1, 0.15) is 20.7 Å². The van der Waals surface area contributed by atoms with Gasteiger partial charge in [0.1, 0.15) is 13.1 Å². The number of benzene rings is 2. The number of carboxylic acid groups (broad SMARTS) is 2. The lowest BCUT2D eigenvalue weighted by atomic mass is 10.2. The van der Waals surface area contributed by atoms with Crippen LogP contribution in [0.2, 0.25) is 10.0 Å². The maximum Gasteiger partial charge on any atom is 0.322 e. The van der Waals surface area contributed by atoms with E-state index in [1.54, 1.807) is 24.3 Å². The maximum absolute atomic E-state index is 11.2. The Morgan fingerprint density at radius 2 is 0.929 bits per heavy atom. The van der Waals surface area contributed by atoms with Gasteiger partial charge in [0.25, 0.3) is 11.8 Å². The molecule has 0 heterocycles. The predicted octanol–water partition coefficient (Wildman–Crippen LogP) is 2.31. The van der Waals surface area contributed by atoms with E-state index in [9.17, 15) is 19.2 Å². The molecule has 0 aromatic heterocycles. The summed E-state index contributed by atoms with van der Waals surface area (Å²) in [5.41, 5.74) is 0.770. The third-order valence-electron chi connectivity index (χ3n) is 3.01. The minimum atomic E-state index is -1.08. The van der Waals surface area contributed by atoms with E-state index in [4.69, 9.17) is 33.4 Å². The number of rotatable bonds is 6. The first kappa shape index (κ1) is 22.9. The van der Waals surface area contributed by atoms with Crippen molar-refractivity contribution in [3.8, 4) is 0 Å². The van der Waals surface area contributed by atoms with Crippen LogP contribution in [0, 0.1) is 0 Å². The topological polar surface area (TPSA) is 133 Å². The summed E-state index contributed by atoms with van der Waals surface area (Å²) in [6.07, 6.45) is 0. The molecule has 0 fully saturated rings. The molecule has 2 amide bonds. The molecule has 0 aliphatic rings. The van der Waals surface area contributed by atoms with Crippen LogP contribution in [-0.2, 0) is 9.59 Å². The molecule has 0 aliphatic carbocycles. The minimum absolute atomic E-state index is 0.385.